The molecule has 1 amide bonds. The molecule has 0 radical (unpaired) electrons. The van der Waals surface area contributed by atoms with Gasteiger partial charge in [-0.3, -0.25) is 9.78 Å². The van der Waals surface area contributed by atoms with Crippen LogP contribution >= 0.6 is 0 Å². The molecule has 3 N–H and O–H groups in total. The Bertz CT molecular complexity index is 536. The van der Waals surface area contributed by atoms with Crippen LogP contribution < -0.4 is 5.73 Å². The number of carbonyl (C=O) groups is 1. The van der Waals surface area contributed by atoms with Crippen LogP contribution in [0.15, 0.2) is 36.7 Å². The largest absolute Gasteiger partial charge is 0.364 e. The third-order valence-electron chi connectivity index (χ3n) is 2.88. The molecule has 0 saturated carbocycles. The van der Waals surface area contributed by atoms with Crippen molar-refractivity contribution in [1.29, 1.82) is 0 Å². The maximum absolute atomic E-state index is 12.3. The van der Waals surface area contributed by atoms with Crippen molar-refractivity contribution in [3.63, 3.8) is 0 Å². The van der Waals surface area contributed by atoms with Gasteiger partial charge < -0.3 is 15.6 Å². The standard InChI is InChI=1S/C14H18N4O/c1-18(10-13-3-2-7-16-13)14(19)11-5-8-17-12(9-11)4-6-15/h2-3,5,7-9,16H,4,6,10,15H2,1H3. The van der Waals surface area contributed by atoms with Crippen LogP contribution in [0, 0.1) is 0 Å². The number of nitrogens with two attached hydrogens (primary N) is 1. The summed E-state index contributed by atoms with van der Waals surface area (Å²) in [4.78, 5) is 21.2. The quantitative estimate of drug-likeness (QED) is 0.845. The monoisotopic (exact) mass is 258 g/mol. The normalized spacial score (nSPS) is 10.4. The van der Waals surface area contributed by atoms with Gasteiger partial charge in [0.2, 0.25) is 0 Å². The second-order valence-corrected chi connectivity index (χ2v) is 4.43. The molecule has 5 heteroatoms. The molecular formula is C14H18N4O. The van der Waals surface area contributed by atoms with Crippen molar-refractivity contribution in [3.05, 3.63) is 53.6 Å². The Morgan fingerprint density at radius 1 is 1.47 bits per heavy atom. The van der Waals surface area contributed by atoms with Crippen molar-refractivity contribution < 1.29 is 4.79 Å². The molecule has 2 rings (SSSR count). The van der Waals surface area contributed by atoms with E-state index in [0.29, 0.717) is 25.1 Å². The van der Waals surface area contributed by atoms with Crippen molar-refractivity contribution in [2.45, 2.75) is 13.0 Å². The summed E-state index contributed by atoms with van der Waals surface area (Å²) < 4.78 is 0. The zero-order valence-corrected chi connectivity index (χ0v) is 11.0. The van der Waals surface area contributed by atoms with Crippen LogP contribution in [0.2, 0.25) is 0 Å². The molecule has 0 aliphatic carbocycles. The lowest BCUT2D eigenvalue weighted by Crippen LogP contribution is -2.26. The van der Waals surface area contributed by atoms with Crippen LogP contribution in [-0.2, 0) is 13.0 Å². The van der Waals surface area contributed by atoms with Gasteiger partial charge >= 0.3 is 0 Å². The highest BCUT2D eigenvalue weighted by Gasteiger charge is 2.13. The first-order valence-corrected chi connectivity index (χ1v) is 6.23. The highest BCUT2D eigenvalue weighted by Crippen LogP contribution is 2.08. The van der Waals surface area contributed by atoms with Crippen LogP contribution in [0.4, 0.5) is 0 Å². The van der Waals surface area contributed by atoms with Gasteiger partial charge in [-0.1, -0.05) is 0 Å². The summed E-state index contributed by atoms with van der Waals surface area (Å²) in [5.74, 6) is -0.0183. The molecule has 0 aliphatic rings. The van der Waals surface area contributed by atoms with Gasteiger partial charge in [0.25, 0.3) is 5.91 Å². The van der Waals surface area contributed by atoms with Gasteiger partial charge in [0.1, 0.15) is 0 Å². The molecule has 100 valence electrons. The number of rotatable bonds is 5. The maximum Gasteiger partial charge on any atom is 0.254 e. The molecule has 0 aromatic carbocycles. The van der Waals surface area contributed by atoms with E-state index in [2.05, 4.69) is 9.97 Å². The van der Waals surface area contributed by atoms with E-state index in [4.69, 9.17) is 5.73 Å². The molecule has 0 atom stereocenters. The second kappa shape index (κ2) is 6.15. The van der Waals surface area contributed by atoms with Gasteiger partial charge in [-0.2, -0.15) is 0 Å². The Balaban J connectivity index is 2.08. The fourth-order valence-corrected chi connectivity index (χ4v) is 1.91. The van der Waals surface area contributed by atoms with E-state index in [0.717, 1.165) is 11.4 Å². The lowest BCUT2D eigenvalue weighted by atomic mass is 10.1. The highest BCUT2D eigenvalue weighted by atomic mass is 16.2. The van der Waals surface area contributed by atoms with Gasteiger partial charge in [-0.25, -0.2) is 0 Å². The van der Waals surface area contributed by atoms with Crippen LogP contribution in [0.25, 0.3) is 0 Å². The van der Waals surface area contributed by atoms with Gasteiger partial charge in [0.05, 0.1) is 6.54 Å². The minimum Gasteiger partial charge on any atom is -0.364 e. The molecular weight excluding hydrogens is 240 g/mol. The molecule has 5 nitrogen and oxygen atoms in total. The fraction of sp³-hybridized carbons (Fsp3) is 0.286. The van der Waals surface area contributed by atoms with Crippen molar-refractivity contribution in [2.24, 2.45) is 5.73 Å². The number of hydrogen-bond acceptors (Lipinski definition) is 3. The fourth-order valence-electron chi connectivity index (χ4n) is 1.91. The average Bonchev–Trinajstić information content (AvgIpc) is 2.91. The van der Waals surface area contributed by atoms with Crippen LogP contribution in [-0.4, -0.2) is 34.4 Å². The molecule has 2 aromatic rings. The molecule has 2 aromatic heterocycles. The number of H-pyrrole nitrogens is 1. The summed E-state index contributed by atoms with van der Waals surface area (Å²) in [5.41, 5.74) is 8.00. The molecule has 0 saturated heterocycles. The Morgan fingerprint density at radius 3 is 3.00 bits per heavy atom. The summed E-state index contributed by atoms with van der Waals surface area (Å²) in [6, 6.07) is 7.41. The number of nitrogens with one attached hydrogen (secondary N) is 1. The minimum atomic E-state index is -0.0183. The Labute approximate surface area is 112 Å². The number of carbonyl (C=O) groups excluding carboxylic acids is 1. The Hall–Kier alpha value is -2.14. The number of pyridine rings is 1. The topological polar surface area (TPSA) is 75.0 Å². The van der Waals surface area contributed by atoms with Crippen LogP contribution in [0.1, 0.15) is 21.7 Å². The van der Waals surface area contributed by atoms with E-state index in [-0.39, 0.29) is 5.91 Å². The lowest BCUT2D eigenvalue weighted by Gasteiger charge is -2.16. The highest BCUT2D eigenvalue weighted by molar-refractivity contribution is 5.94. The summed E-state index contributed by atoms with van der Waals surface area (Å²) in [6.45, 7) is 1.09. The van der Waals surface area contributed by atoms with Crippen LogP contribution in [0.5, 0.6) is 0 Å². The van der Waals surface area contributed by atoms with Gasteiger partial charge in [-0.15, -0.1) is 0 Å². The van der Waals surface area contributed by atoms with Gasteiger partial charge in [0, 0.05) is 42.8 Å². The molecule has 2 heterocycles. The third-order valence-corrected chi connectivity index (χ3v) is 2.88. The van der Waals surface area contributed by atoms with E-state index in [9.17, 15) is 4.79 Å². The first kappa shape index (κ1) is 13.3. The summed E-state index contributed by atoms with van der Waals surface area (Å²) in [7, 11) is 1.78. The summed E-state index contributed by atoms with van der Waals surface area (Å²) >= 11 is 0. The number of amides is 1. The molecule has 19 heavy (non-hydrogen) atoms. The number of hydrogen-bond donors (Lipinski definition) is 2. The first-order chi connectivity index (χ1) is 9.20. The summed E-state index contributed by atoms with van der Waals surface area (Å²) in [5, 5.41) is 0. The molecule has 0 bridgehead atoms. The van der Waals surface area contributed by atoms with E-state index in [1.807, 2.05) is 18.3 Å². The van der Waals surface area contributed by atoms with Crippen molar-refractivity contribution >= 4 is 5.91 Å². The van der Waals surface area contributed by atoms with Crippen molar-refractivity contribution in [3.8, 4) is 0 Å². The van der Waals surface area contributed by atoms with Crippen LogP contribution in [0.3, 0.4) is 0 Å². The lowest BCUT2D eigenvalue weighted by molar-refractivity contribution is 0.0783. The minimum absolute atomic E-state index is 0.0183. The van der Waals surface area contributed by atoms with E-state index < -0.39 is 0 Å². The third kappa shape index (κ3) is 3.42. The van der Waals surface area contributed by atoms with Gasteiger partial charge in [-0.05, 0) is 30.8 Å². The maximum atomic E-state index is 12.3. The SMILES string of the molecule is CN(Cc1ccc[nH]1)C(=O)c1ccnc(CCN)c1. The average molecular weight is 258 g/mol. The van der Waals surface area contributed by atoms with Crippen molar-refractivity contribution in [2.75, 3.05) is 13.6 Å². The Kier molecular flexibility index (Phi) is 4.30. The molecule has 0 fully saturated rings. The molecule has 0 aliphatic heterocycles. The molecule has 0 spiro atoms. The summed E-state index contributed by atoms with van der Waals surface area (Å²) in [6.07, 6.45) is 4.18. The zero-order valence-electron chi connectivity index (χ0n) is 11.0. The van der Waals surface area contributed by atoms with E-state index in [1.54, 1.807) is 30.3 Å². The smallest absolute Gasteiger partial charge is 0.254 e. The zero-order chi connectivity index (χ0) is 13.7. The van der Waals surface area contributed by atoms with Gasteiger partial charge in [0.15, 0.2) is 0 Å². The number of aromatic nitrogens is 2. The van der Waals surface area contributed by atoms with E-state index >= 15 is 0 Å². The number of aromatic amines is 1. The predicted octanol–water partition coefficient (Wildman–Crippen LogP) is 1.18. The predicted molar refractivity (Wildman–Crippen MR) is 73.6 cm³/mol. The Morgan fingerprint density at radius 2 is 2.32 bits per heavy atom. The second-order valence-electron chi connectivity index (χ2n) is 4.43. The molecule has 0 unspecified atom stereocenters. The number of nitrogens with zero attached hydrogens (tertiary/aromatic N) is 2. The first-order valence-electron chi connectivity index (χ1n) is 6.23. The van der Waals surface area contributed by atoms with E-state index in [1.165, 1.54) is 0 Å². The van der Waals surface area contributed by atoms with Crippen molar-refractivity contribution in [1.82, 2.24) is 14.9 Å².